The summed E-state index contributed by atoms with van der Waals surface area (Å²) >= 11 is 0. The summed E-state index contributed by atoms with van der Waals surface area (Å²) in [6.45, 7) is 20.9. The van der Waals surface area contributed by atoms with Crippen LogP contribution in [-0.2, 0) is 0 Å². The Morgan fingerprint density at radius 1 is 0.947 bits per heavy atom. The molecule has 4 heteroatoms. The van der Waals surface area contributed by atoms with Crippen LogP contribution in [0, 0.1) is 5.92 Å². The van der Waals surface area contributed by atoms with Crippen LogP contribution in [0.1, 0.15) is 48.5 Å². The fourth-order valence-electron chi connectivity index (χ4n) is 3.38. The first-order chi connectivity index (χ1) is 7.47. The Labute approximate surface area is 145 Å². The summed E-state index contributed by atoms with van der Waals surface area (Å²) in [4.78, 5) is 3.89. The maximum atomic E-state index is 3.89. The van der Waals surface area contributed by atoms with Crippen molar-refractivity contribution in [3.8, 4) is 0 Å². The molecule has 1 aliphatic carbocycles. The van der Waals surface area contributed by atoms with Crippen LogP contribution in [-0.4, -0.2) is 51.5 Å². The van der Waals surface area contributed by atoms with Crippen LogP contribution in [0.5, 0.6) is 0 Å². The van der Waals surface area contributed by atoms with Gasteiger partial charge in [0, 0.05) is 5.54 Å². The average Bonchev–Trinajstić information content (AvgIpc) is 2.27. The normalized spacial score (nSPS) is 20.4. The van der Waals surface area contributed by atoms with E-state index in [1.807, 2.05) is 0 Å². The Morgan fingerprint density at radius 2 is 1.37 bits per heavy atom. The summed E-state index contributed by atoms with van der Waals surface area (Å²) < 4.78 is 0. The zero-order chi connectivity index (χ0) is 13.6. The zero-order valence-electron chi connectivity index (χ0n) is 13.1. The minimum atomic E-state index is -1.53. The molecule has 0 aliphatic heterocycles. The van der Waals surface area contributed by atoms with Gasteiger partial charge >= 0.3 is 37.7 Å². The molecule has 1 atom stereocenters. The van der Waals surface area contributed by atoms with Crippen LogP contribution in [0.4, 0.5) is 0 Å². The van der Waals surface area contributed by atoms with E-state index in [1.165, 1.54) is 5.57 Å². The van der Waals surface area contributed by atoms with Gasteiger partial charge in [-0.3, -0.25) is 0 Å². The van der Waals surface area contributed by atoms with Crippen LogP contribution >= 0.6 is 0 Å². The molecular formula is C15H31Li2NSi. The molecule has 1 N–H and O–H groups in total. The van der Waals surface area contributed by atoms with Crippen LogP contribution < -0.4 is 4.98 Å². The van der Waals surface area contributed by atoms with Crippen molar-refractivity contribution >= 4 is 46.0 Å². The van der Waals surface area contributed by atoms with Crippen molar-refractivity contribution in [2.45, 2.75) is 67.1 Å². The molecular weight excluding hydrogens is 236 g/mol. The molecule has 1 unspecified atom stereocenters. The van der Waals surface area contributed by atoms with Crippen molar-refractivity contribution in [1.82, 2.24) is 4.98 Å². The van der Waals surface area contributed by atoms with E-state index >= 15 is 0 Å². The maximum absolute atomic E-state index is 3.89. The van der Waals surface area contributed by atoms with E-state index in [0.29, 0.717) is 5.92 Å². The van der Waals surface area contributed by atoms with Gasteiger partial charge in [0.25, 0.3) is 0 Å². The SMILES string of the molecule is CC1=C(C)C(C)C([Si](C)(C)NC(C)(C)C)=C1C.[LiH].[LiH]. The number of nitrogens with one attached hydrogen (secondary N) is 1. The van der Waals surface area contributed by atoms with Gasteiger partial charge in [0.15, 0.2) is 0 Å². The molecule has 0 fully saturated rings. The topological polar surface area (TPSA) is 12.0 Å². The van der Waals surface area contributed by atoms with E-state index in [0.717, 1.165) is 0 Å². The molecule has 1 nitrogen and oxygen atoms in total. The van der Waals surface area contributed by atoms with Crippen LogP contribution in [0.3, 0.4) is 0 Å². The standard InChI is InChI=1S/C15H29NSi.2Li.2H/c1-10-11(2)13(4)14(12(10)3)17(8,9)16-15(5,6)7;;;;/h12,16H,1-9H3;;;;. The summed E-state index contributed by atoms with van der Waals surface area (Å²) in [5.74, 6) is 0.631. The molecule has 0 radical (unpaired) electrons. The molecule has 0 heterocycles. The molecule has 19 heavy (non-hydrogen) atoms. The monoisotopic (exact) mass is 267 g/mol. The van der Waals surface area contributed by atoms with E-state index < -0.39 is 8.24 Å². The van der Waals surface area contributed by atoms with Gasteiger partial charge in [-0.1, -0.05) is 36.4 Å². The van der Waals surface area contributed by atoms with Crippen LogP contribution in [0.15, 0.2) is 21.9 Å². The van der Waals surface area contributed by atoms with Gasteiger partial charge in [-0.05, 0) is 53.0 Å². The Hall–Kier alpha value is 0.852. The quantitative estimate of drug-likeness (QED) is 0.758. The van der Waals surface area contributed by atoms with Gasteiger partial charge in [0.1, 0.15) is 8.24 Å². The van der Waals surface area contributed by atoms with Gasteiger partial charge < -0.3 is 4.98 Å². The van der Waals surface area contributed by atoms with Crippen molar-refractivity contribution in [3.05, 3.63) is 21.9 Å². The molecule has 0 saturated carbocycles. The average molecular weight is 267 g/mol. The van der Waals surface area contributed by atoms with Gasteiger partial charge in [-0.15, -0.1) is 0 Å². The molecule has 1 aliphatic rings. The Balaban J connectivity index is 0. The molecule has 0 aromatic rings. The second-order valence-electron chi connectivity index (χ2n) is 7.07. The van der Waals surface area contributed by atoms with Crippen molar-refractivity contribution in [1.29, 1.82) is 0 Å². The zero-order valence-corrected chi connectivity index (χ0v) is 14.1. The van der Waals surface area contributed by atoms with Gasteiger partial charge in [-0.2, -0.15) is 0 Å². The minimum absolute atomic E-state index is 0. The molecule has 0 spiro atoms. The van der Waals surface area contributed by atoms with Gasteiger partial charge in [0.2, 0.25) is 0 Å². The predicted molar refractivity (Wildman–Crippen MR) is 94.9 cm³/mol. The first-order valence-corrected chi connectivity index (χ1v) is 9.65. The first-order valence-electron chi connectivity index (χ1n) is 6.65. The van der Waals surface area contributed by atoms with Crippen molar-refractivity contribution in [2.24, 2.45) is 5.92 Å². The molecule has 0 amide bonds. The molecule has 0 bridgehead atoms. The third-order valence-electron chi connectivity index (χ3n) is 4.00. The third kappa shape index (κ3) is 4.96. The van der Waals surface area contributed by atoms with Crippen molar-refractivity contribution in [2.75, 3.05) is 0 Å². The van der Waals surface area contributed by atoms with Gasteiger partial charge in [-0.25, -0.2) is 0 Å². The number of allylic oxidation sites excluding steroid dienone is 4. The van der Waals surface area contributed by atoms with E-state index in [-0.39, 0.29) is 43.3 Å². The summed E-state index contributed by atoms with van der Waals surface area (Å²) in [7, 11) is -1.53. The predicted octanol–water partition coefficient (Wildman–Crippen LogP) is 3.12. The second kappa shape index (κ2) is 7.22. The summed E-state index contributed by atoms with van der Waals surface area (Å²) in [6, 6.07) is 0. The van der Waals surface area contributed by atoms with Gasteiger partial charge in [0.05, 0.1) is 0 Å². The summed E-state index contributed by atoms with van der Waals surface area (Å²) in [5.41, 5.74) is 4.83. The Kier molecular flexibility index (Phi) is 8.41. The van der Waals surface area contributed by atoms with Crippen molar-refractivity contribution in [3.63, 3.8) is 0 Å². The van der Waals surface area contributed by atoms with E-state index in [9.17, 15) is 0 Å². The van der Waals surface area contributed by atoms with E-state index in [2.05, 4.69) is 66.5 Å². The van der Waals surface area contributed by atoms with E-state index in [4.69, 9.17) is 0 Å². The van der Waals surface area contributed by atoms with E-state index in [1.54, 1.807) is 16.3 Å². The fraction of sp³-hybridized carbons (Fsp3) is 0.733. The number of rotatable bonds is 2. The first kappa shape index (κ1) is 22.1. The summed E-state index contributed by atoms with van der Waals surface area (Å²) in [5, 5.41) is 1.70. The molecule has 0 saturated heterocycles. The van der Waals surface area contributed by atoms with Crippen LogP contribution in [0.2, 0.25) is 13.1 Å². The molecule has 0 aromatic heterocycles. The molecule has 102 valence electrons. The Morgan fingerprint density at radius 3 is 1.63 bits per heavy atom. The second-order valence-corrected chi connectivity index (χ2v) is 11.1. The summed E-state index contributed by atoms with van der Waals surface area (Å²) in [6.07, 6.45) is 0. The van der Waals surface area contributed by atoms with Crippen LogP contribution in [0.25, 0.3) is 0 Å². The molecule has 0 aromatic carbocycles. The van der Waals surface area contributed by atoms with Crippen molar-refractivity contribution < 1.29 is 0 Å². The fourth-order valence-corrected chi connectivity index (χ4v) is 7.81. The number of hydrogen-bond donors (Lipinski definition) is 1. The number of hydrogen-bond acceptors (Lipinski definition) is 1. The third-order valence-corrected chi connectivity index (χ3v) is 7.53. The molecule has 1 rings (SSSR count). The Bertz CT molecular complexity index is 389.